The van der Waals surface area contributed by atoms with Crippen molar-refractivity contribution >= 4 is 17.5 Å². The van der Waals surface area contributed by atoms with E-state index in [0.29, 0.717) is 18.3 Å². The minimum atomic E-state index is 0.0282. The summed E-state index contributed by atoms with van der Waals surface area (Å²) < 4.78 is 0. The monoisotopic (exact) mass is 267 g/mol. The van der Waals surface area contributed by atoms with Gasteiger partial charge >= 0.3 is 0 Å². The van der Waals surface area contributed by atoms with Gasteiger partial charge in [0, 0.05) is 18.0 Å². The summed E-state index contributed by atoms with van der Waals surface area (Å²) in [5, 5.41) is 3.01. The molecular weight excluding hydrogens is 246 g/mol. The molecule has 3 heteroatoms. The largest absolute Gasteiger partial charge is 0.352 e. The summed E-state index contributed by atoms with van der Waals surface area (Å²) in [6, 6.07) is 7.77. The number of hydrogen-bond donors (Lipinski definition) is 1. The summed E-state index contributed by atoms with van der Waals surface area (Å²) in [5.41, 5.74) is 1.89. The summed E-state index contributed by atoms with van der Waals surface area (Å²) in [4.78, 5) is 12.1. The van der Waals surface area contributed by atoms with Gasteiger partial charge in [-0.1, -0.05) is 38.5 Å². The third kappa shape index (κ3) is 4.34. The van der Waals surface area contributed by atoms with Gasteiger partial charge in [-0.25, -0.2) is 0 Å². The molecule has 1 aromatic rings. The van der Waals surface area contributed by atoms with Crippen molar-refractivity contribution in [2.75, 3.05) is 12.4 Å². The number of halogens is 1. The van der Waals surface area contributed by atoms with Crippen molar-refractivity contribution in [1.29, 1.82) is 0 Å². The molecule has 100 valence electrons. The van der Waals surface area contributed by atoms with Crippen molar-refractivity contribution in [3.63, 3.8) is 0 Å². The molecule has 1 atom stereocenters. The van der Waals surface area contributed by atoms with Crippen LogP contribution in [0.15, 0.2) is 24.3 Å². The van der Waals surface area contributed by atoms with Crippen LogP contribution in [-0.4, -0.2) is 18.3 Å². The number of aryl methyl sites for hydroxylation is 1. The maximum Gasteiger partial charge on any atom is 0.251 e. The number of alkyl halides is 1. The van der Waals surface area contributed by atoms with E-state index in [0.717, 1.165) is 30.4 Å². The number of carbonyl (C=O) groups is 1. The van der Waals surface area contributed by atoms with Gasteiger partial charge in [0.15, 0.2) is 0 Å². The molecule has 1 unspecified atom stereocenters. The Labute approximate surface area is 115 Å². The van der Waals surface area contributed by atoms with Gasteiger partial charge < -0.3 is 5.32 Å². The van der Waals surface area contributed by atoms with Gasteiger partial charge in [-0.05, 0) is 30.4 Å². The van der Waals surface area contributed by atoms with Gasteiger partial charge in [0.25, 0.3) is 5.91 Å². The van der Waals surface area contributed by atoms with Crippen LogP contribution in [0.4, 0.5) is 0 Å². The first kappa shape index (κ1) is 15.0. The van der Waals surface area contributed by atoms with Crippen LogP contribution in [-0.2, 0) is 6.42 Å². The van der Waals surface area contributed by atoms with E-state index in [2.05, 4.69) is 19.2 Å². The second kappa shape index (κ2) is 8.15. The van der Waals surface area contributed by atoms with E-state index in [1.165, 1.54) is 0 Å². The first-order valence-electron chi connectivity index (χ1n) is 6.64. The summed E-state index contributed by atoms with van der Waals surface area (Å²) >= 11 is 5.74. The molecular formula is C15H22ClNO. The van der Waals surface area contributed by atoms with Crippen LogP contribution < -0.4 is 5.32 Å². The van der Waals surface area contributed by atoms with E-state index in [9.17, 15) is 4.79 Å². The zero-order chi connectivity index (χ0) is 13.4. The average Bonchev–Trinajstić information content (AvgIpc) is 2.42. The first-order chi connectivity index (χ1) is 8.72. The quantitative estimate of drug-likeness (QED) is 0.751. The molecule has 0 saturated carbocycles. The lowest BCUT2D eigenvalue weighted by atomic mass is 10.0. The van der Waals surface area contributed by atoms with Gasteiger partial charge in [-0.15, -0.1) is 11.6 Å². The lowest BCUT2D eigenvalue weighted by molar-refractivity contribution is 0.0945. The van der Waals surface area contributed by atoms with Crippen LogP contribution in [0.1, 0.15) is 42.6 Å². The Bertz CT molecular complexity index is 379. The molecule has 0 bridgehead atoms. The Morgan fingerprint density at radius 2 is 2.06 bits per heavy atom. The van der Waals surface area contributed by atoms with Crippen molar-refractivity contribution in [3.05, 3.63) is 35.4 Å². The number of hydrogen-bond acceptors (Lipinski definition) is 1. The Morgan fingerprint density at radius 1 is 1.33 bits per heavy atom. The number of carbonyl (C=O) groups excluding carboxylic acids is 1. The van der Waals surface area contributed by atoms with Crippen LogP contribution in [0, 0.1) is 5.92 Å². The highest BCUT2D eigenvalue weighted by Gasteiger charge is 2.11. The molecule has 18 heavy (non-hydrogen) atoms. The predicted octanol–water partition coefficient (Wildman–Crippen LogP) is 3.63. The minimum absolute atomic E-state index is 0.0282. The van der Waals surface area contributed by atoms with Crippen molar-refractivity contribution in [2.45, 2.75) is 33.1 Å². The molecule has 0 aliphatic carbocycles. The third-order valence-corrected chi connectivity index (χ3v) is 3.51. The number of rotatable bonds is 7. The number of amides is 1. The van der Waals surface area contributed by atoms with E-state index in [1.54, 1.807) is 0 Å². The van der Waals surface area contributed by atoms with Crippen molar-refractivity contribution in [3.8, 4) is 0 Å². The Balaban J connectivity index is 2.59. The molecule has 1 N–H and O–H groups in total. The Hall–Kier alpha value is -1.02. The molecule has 2 nitrogen and oxygen atoms in total. The third-order valence-electron chi connectivity index (χ3n) is 3.29. The van der Waals surface area contributed by atoms with Crippen LogP contribution in [0.3, 0.4) is 0 Å². The van der Waals surface area contributed by atoms with Crippen molar-refractivity contribution in [2.24, 2.45) is 5.92 Å². The Morgan fingerprint density at radius 3 is 2.67 bits per heavy atom. The van der Waals surface area contributed by atoms with Crippen LogP contribution in [0.5, 0.6) is 0 Å². The normalized spacial score (nSPS) is 12.2. The summed E-state index contributed by atoms with van der Waals surface area (Å²) in [5.74, 6) is 1.15. The summed E-state index contributed by atoms with van der Waals surface area (Å²) in [6.45, 7) is 4.90. The van der Waals surface area contributed by atoms with Crippen LogP contribution >= 0.6 is 11.6 Å². The minimum Gasteiger partial charge on any atom is -0.352 e. The number of benzene rings is 1. The van der Waals surface area contributed by atoms with E-state index in [4.69, 9.17) is 11.6 Å². The lowest BCUT2D eigenvalue weighted by Crippen LogP contribution is -2.30. The van der Waals surface area contributed by atoms with Crippen molar-refractivity contribution in [1.82, 2.24) is 5.32 Å². The molecule has 1 aromatic carbocycles. The lowest BCUT2D eigenvalue weighted by Gasteiger charge is -2.15. The van der Waals surface area contributed by atoms with E-state index < -0.39 is 0 Å². The van der Waals surface area contributed by atoms with Crippen molar-refractivity contribution < 1.29 is 4.79 Å². The van der Waals surface area contributed by atoms with Gasteiger partial charge in [-0.3, -0.25) is 4.79 Å². The first-order valence-corrected chi connectivity index (χ1v) is 7.18. The fourth-order valence-corrected chi connectivity index (χ4v) is 2.30. The topological polar surface area (TPSA) is 29.1 Å². The molecule has 0 spiro atoms. The molecule has 0 radical (unpaired) electrons. The van der Waals surface area contributed by atoms with Gasteiger partial charge in [0.1, 0.15) is 0 Å². The highest BCUT2D eigenvalue weighted by atomic mass is 35.5. The molecule has 0 aromatic heterocycles. The smallest absolute Gasteiger partial charge is 0.251 e. The zero-order valence-corrected chi connectivity index (χ0v) is 12.0. The highest BCUT2D eigenvalue weighted by molar-refractivity contribution is 6.17. The second-order valence-corrected chi connectivity index (χ2v) is 4.85. The van der Waals surface area contributed by atoms with Gasteiger partial charge in [0.05, 0.1) is 0 Å². The van der Waals surface area contributed by atoms with Gasteiger partial charge in [0.2, 0.25) is 0 Å². The molecule has 0 heterocycles. The van der Waals surface area contributed by atoms with E-state index in [1.807, 2.05) is 24.3 Å². The Kier molecular flexibility index (Phi) is 6.81. The van der Waals surface area contributed by atoms with Gasteiger partial charge in [-0.2, -0.15) is 0 Å². The van der Waals surface area contributed by atoms with Crippen LogP contribution in [0.25, 0.3) is 0 Å². The maximum absolute atomic E-state index is 12.1. The molecule has 0 saturated heterocycles. The predicted molar refractivity (Wildman–Crippen MR) is 77.3 cm³/mol. The fourth-order valence-electron chi connectivity index (χ4n) is 1.99. The molecule has 0 fully saturated rings. The highest BCUT2D eigenvalue weighted by Crippen LogP contribution is 2.11. The fraction of sp³-hybridized carbons (Fsp3) is 0.533. The van der Waals surface area contributed by atoms with E-state index in [-0.39, 0.29) is 5.91 Å². The standard InChI is InChI=1S/C15H22ClNO/c1-3-12(9-10-16)11-17-15(18)14-8-6-5-7-13(14)4-2/h5-8,12H,3-4,9-11H2,1-2H3,(H,17,18). The molecule has 1 amide bonds. The summed E-state index contributed by atoms with van der Waals surface area (Å²) in [7, 11) is 0. The maximum atomic E-state index is 12.1. The molecule has 1 rings (SSSR count). The molecule has 0 aliphatic rings. The SMILES string of the molecule is CCc1ccccc1C(=O)NCC(CC)CCCl. The second-order valence-electron chi connectivity index (χ2n) is 4.47. The van der Waals surface area contributed by atoms with E-state index >= 15 is 0 Å². The molecule has 0 aliphatic heterocycles. The summed E-state index contributed by atoms with van der Waals surface area (Å²) in [6.07, 6.45) is 2.87. The zero-order valence-electron chi connectivity index (χ0n) is 11.2. The van der Waals surface area contributed by atoms with Crippen LogP contribution in [0.2, 0.25) is 0 Å². The number of nitrogens with one attached hydrogen (secondary N) is 1. The average molecular weight is 268 g/mol.